The maximum Gasteiger partial charge on any atom is 0.243 e. The minimum absolute atomic E-state index is 0.0270. The second-order valence-electron chi connectivity index (χ2n) is 8.27. The number of carbonyl (C=O) groups excluding carboxylic acids is 1. The molecule has 1 aliphatic carbocycles. The van der Waals surface area contributed by atoms with Gasteiger partial charge in [0, 0.05) is 19.1 Å². The molecular weight excluding hydrogens is 360 g/mol. The highest BCUT2D eigenvalue weighted by molar-refractivity contribution is 7.89. The highest BCUT2D eigenvalue weighted by atomic mass is 32.2. The number of rotatable bonds is 4. The molecule has 1 saturated carbocycles. The maximum absolute atomic E-state index is 13.3. The lowest BCUT2D eigenvalue weighted by molar-refractivity contribution is -0.127. The molecule has 1 aromatic carbocycles. The van der Waals surface area contributed by atoms with Crippen LogP contribution in [-0.2, 0) is 14.8 Å². The van der Waals surface area contributed by atoms with Gasteiger partial charge in [0.25, 0.3) is 0 Å². The minimum atomic E-state index is -3.59. The van der Waals surface area contributed by atoms with Crippen LogP contribution in [0.15, 0.2) is 17.0 Å². The molecule has 1 aliphatic heterocycles. The van der Waals surface area contributed by atoms with Gasteiger partial charge in [0.2, 0.25) is 15.9 Å². The maximum atomic E-state index is 13.3. The summed E-state index contributed by atoms with van der Waals surface area (Å²) in [6.07, 6.45) is 7.16. The molecular formula is C21H32N2O3S. The Morgan fingerprint density at radius 2 is 1.63 bits per heavy atom. The summed E-state index contributed by atoms with van der Waals surface area (Å²) in [5.74, 6) is -0.222. The van der Waals surface area contributed by atoms with Crippen LogP contribution < -0.4 is 5.32 Å². The average Bonchev–Trinajstić information content (AvgIpc) is 2.61. The summed E-state index contributed by atoms with van der Waals surface area (Å²) < 4.78 is 28.1. The van der Waals surface area contributed by atoms with Crippen molar-refractivity contribution in [2.45, 2.75) is 76.7 Å². The van der Waals surface area contributed by atoms with Gasteiger partial charge in [0.05, 0.1) is 10.8 Å². The molecule has 3 rings (SSSR count). The fourth-order valence-corrected chi connectivity index (χ4v) is 6.58. The van der Waals surface area contributed by atoms with E-state index in [2.05, 4.69) is 5.32 Å². The Bertz CT molecular complexity index is 775. The number of nitrogens with one attached hydrogen (secondary N) is 1. The highest BCUT2D eigenvalue weighted by Crippen LogP contribution is 2.29. The molecule has 1 N–H and O–H groups in total. The first-order valence-electron chi connectivity index (χ1n) is 10.2. The molecule has 27 heavy (non-hydrogen) atoms. The van der Waals surface area contributed by atoms with E-state index in [4.69, 9.17) is 0 Å². The first-order chi connectivity index (χ1) is 12.8. The smallest absolute Gasteiger partial charge is 0.243 e. The second-order valence-corrected chi connectivity index (χ2v) is 10.1. The zero-order valence-corrected chi connectivity index (χ0v) is 17.6. The van der Waals surface area contributed by atoms with Crippen molar-refractivity contribution in [2.75, 3.05) is 13.1 Å². The third kappa shape index (κ3) is 4.54. The number of carbonyl (C=O) groups is 1. The van der Waals surface area contributed by atoms with Crippen molar-refractivity contribution in [3.63, 3.8) is 0 Å². The molecule has 1 amide bonds. The van der Waals surface area contributed by atoms with Gasteiger partial charge >= 0.3 is 0 Å². The number of sulfonamides is 1. The number of nitrogens with zero attached hydrogens (tertiary/aromatic N) is 1. The number of hydrogen-bond donors (Lipinski definition) is 1. The Hall–Kier alpha value is -1.40. The van der Waals surface area contributed by atoms with Crippen molar-refractivity contribution in [3.8, 4) is 0 Å². The third-order valence-electron chi connectivity index (χ3n) is 5.91. The molecule has 0 unspecified atom stereocenters. The van der Waals surface area contributed by atoms with E-state index in [1.807, 2.05) is 32.9 Å². The van der Waals surface area contributed by atoms with Gasteiger partial charge in [-0.25, -0.2) is 8.42 Å². The quantitative estimate of drug-likeness (QED) is 0.853. The Balaban J connectivity index is 1.74. The topological polar surface area (TPSA) is 66.5 Å². The van der Waals surface area contributed by atoms with Crippen molar-refractivity contribution < 1.29 is 13.2 Å². The van der Waals surface area contributed by atoms with Crippen LogP contribution >= 0.6 is 0 Å². The molecule has 1 atom stereocenters. The summed E-state index contributed by atoms with van der Waals surface area (Å²) in [6, 6.07) is 4.09. The van der Waals surface area contributed by atoms with Crippen molar-refractivity contribution >= 4 is 15.9 Å². The number of hydrogen-bond acceptors (Lipinski definition) is 3. The predicted octanol–water partition coefficient (Wildman–Crippen LogP) is 3.46. The lowest BCUT2D eigenvalue weighted by Crippen LogP contribution is -2.48. The van der Waals surface area contributed by atoms with Gasteiger partial charge in [-0.05, 0) is 57.6 Å². The Labute approximate surface area is 163 Å². The summed E-state index contributed by atoms with van der Waals surface area (Å²) in [4.78, 5) is 13.1. The van der Waals surface area contributed by atoms with Crippen LogP contribution in [0.3, 0.4) is 0 Å². The van der Waals surface area contributed by atoms with Crippen LogP contribution in [0, 0.1) is 26.7 Å². The fourth-order valence-electron chi connectivity index (χ4n) is 4.64. The van der Waals surface area contributed by atoms with E-state index in [1.54, 1.807) is 0 Å². The van der Waals surface area contributed by atoms with Crippen molar-refractivity contribution in [1.82, 2.24) is 9.62 Å². The third-order valence-corrected chi connectivity index (χ3v) is 8.08. The molecule has 1 saturated heterocycles. The van der Waals surface area contributed by atoms with Crippen molar-refractivity contribution in [1.29, 1.82) is 0 Å². The zero-order chi connectivity index (χ0) is 19.6. The van der Waals surface area contributed by atoms with Crippen molar-refractivity contribution in [2.24, 2.45) is 5.92 Å². The molecule has 6 heteroatoms. The van der Waals surface area contributed by atoms with Crippen LogP contribution in [0.4, 0.5) is 0 Å². The number of amides is 1. The van der Waals surface area contributed by atoms with Gasteiger partial charge < -0.3 is 5.32 Å². The van der Waals surface area contributed by atoms with Gasteiger partial charge in [-0.15, -0.1) is 0 Å². The van der Waals surface area contributed by atoms with E-state index >= 15 is 0 Å². The van der Waals surface area contributed by atoms with Crippen LogP contribution in [0.5, 0.6) is 0 Å². The molecule has 0 spiro atoms. The van der Waals surface area contributed by atoms with Gasteiger partial charge in [0.15, 0.2) is 0 Å². The molecule has 150 valence electrons. The van der Waals surface area contributed by atoms with E-state index in [-0.39, 0.29) is 24.4 Å². The molecule has 1 heterocycles. The van der Waals surface area contributed by atoms with E-state index in [9.17, 15) is 13.2 Å². The summed E-state index contributed by atoms with van der Waals surface area (Å²) in [5.41, 5.74) is 2.62. The van der Waals surface area contributed by atoms with E-state index in [1.165, 1.54) is 23.6 Å². The standard InChI is InChI=1S/C21H32N2O3S/c1-15-12-16(2)20(17(3)13-15)27(25,26)23-11-7-8-18(14-23)21(24)22-19-9-5-4-6-10-19/h12-13,18-19H,4-11,14H2,1-3H3,(H,22,24)/t18-/m1/s1. The first-order valence-corrected chi connectivity index (χ1v) is 11.6. The van der Waals surface area contributed by atoms with E-state index in [0.717, 1.165) is 42.4 Å². The molecule has 0 aromatic heterocycles. The SMILES string of the molecule is Cc1cc(C)c(S(=O)(=O)N2CCC[C@@H](C(=O)NC3CCCCC3)C2)c(C)c1. The highest BCUT2D eigenvalue weighted by Gasteiger charge is 2.35. The number of aryl methyl sites for hydroxylation is 3. The minimum Gasteiger partial charge on any atom is -0.353 e. The van der Waals surface area contributed by atoms with Crippen LogP contribution in [0.25, 0.3) is 0 Å². The second kappa shape index (κ2) is 8.31. The summed E-state index contributed by atoms with van der Waals surface area (Å²) in [6.45, 7) is 6.45. The normalized spacial score (nSPS) is 22.6. The predicted molar refractivity (Wildman–Crippen MR) is 107 cm³/mol. The molecule has 2 aliphatic rings. The molecule has 0 bridgehead atoms. The molecule has 2 fully saturated rings. The Morgan fingerprint density at radius 1 is 1.00 bits per heavy atom. The summed E-state index contributed by atoms with van der Waals surface area (Å²) >= 11 is 0. The number of benzene rings is 1. The van der Waals surface area contributed by atoms with Gasteiger partial charge in [-0.2, -0.15) is 4.31 Å². The zero-order valence-electron chi connectivity index (χ0n) is 16.8. The van der Waals surface area contributed by atoms with Crippen LogP contribution in [0.2, 0.25) is 0 Å². The average molecular weight is 393 g/mol. The molecule has 1 aromatic rings. The number of piperidine rings is 1. The molecule has 0 radical (unpaired) electrons. The monoisotopic (exact) mass is 392 g/mol. The van der Waals surface area contributed by atoms with Gasteiger partial charge in [0.1, 0.15) is 0 Å². The van der Waals surface area contributed by atoms with Gasteiger partial charge in [-0.1, -0.05) is 37.0 Å². The first kappa shape index (κ1) is 20.3. The van der Waals surface area contributed by atoms with Crippen LogP contribution in [0.1, 0.15) is 61.6 Å². The largest absolute Gasteiger partial charge is 0.353 e. The molecule has 5 nitrogen and oxygen atoms in total. The van der Waals surface area contributed by atoms with E-state index in [0.29, 0.717) is 11.4 Å². The Kier molecular flexibility index (Phi) is 6.26. The van der Waals surface area contributed by atoms with Crippen LogP contribution in [-0.4, -0.2) is 37.8 Å². The van der Waals surface area contributed by atoms with E-state index < -0.39 is 10.0 Å². The lowest BCUT2D eigenvalue weighted by Gasteiger charge is -2.33. The summed E-state index contributed by atoms with van der Waals surface area (Å²) in [5, 5.41) is 3.17. The fraction of sp³-hybridized carbons (Fsp3) is 0.667. The lowest BCUT2D eigenvalue weighted by atomic mass is 9.93. The van der Waals surface area contributed by atoms with Gasteiger partial charge in [-0.3, -0.25) is 4.79 Å². The van der Waals surface area contributed by atoms with Crippen molar-refractivity contribution in [3.05, 3.63) is 28.8 Å². The summed E-state index contributed by atoms with van der Waals surface area (Å²) in [7, 11) is -3.59. The Morgan fingerprint density at radius 3 is 2.26 bits per heavy atom.